The van der Waals surface area contributed by atoms with Crippen molar-refractivity contribution in [3.8, 4) is 0 Å². The van der Waals surface area contributed by atoms with E-state index in [2.05, 4.69) is 0 Å². The van der Waals surface area contributed by atoms with Gasteiger partial charge in [0, 0.05) is 0 Å². The second-order valence-electron chi connectivity index (χ2n) is 3.59. The number of rotatable bonds is 1. The Labute approximate surface area is 80.2 Å². The molecule has 0 bridgehead atoms. The molecule has 1 radical (unpaired) electrons. The maximum Gasteiger partial charge on any atom is 0.416 e. The van der Waals surface area contributed by atoms with E-state index < -0.39 is 17.3 Å². The lowest BCUT2D eigenvalue weighted by Gasteiger charge is -2.16. The van der Waals surface area contributed by atoms with Gasteiger partial charge < -0.3 is 0 Å². The summed E-state index contributed by atoms with van der Waals surface area (Å²) in [6, 6.07) is 4.50. The zero-order valence-electron chi connectivity index (χ0n) is 7.85. The molecule has 0 saturated carbocycles. The van der Waals surface area contributed by atoms with Gasteiger partial charge in [-0.05, 0) is 31.5 Å². The molecule has 0 atom stereocenters. The van der Waals surface area contributed by atoms with Crippen LogP contribution in [0, 0.1) is 0 Å². The summed E-state index contributed by atoms with van der Waals surface area (Å²) >= 11 is 0. The number of hydrogen-bond acceptors (Lipinski definition) is 0. The van der Waals surface area contributed by atoms with Gasteiger partial charge in [-0.3, -0.25) is 0 Å². The van der Waals surface area contributed by atoms with E-state index in [0.29, 0.717) is 0 Å². The molecule has 0 amide bonds. The first-order valence-corrected chi connectivity index (χ1v) is 4.09. The molecule has 0 N–H and O–H groups in total. The molecular formula is C10H10F3O. The Bertz CT molecular complexity index is 294. The predicted octanol–water partition coefficient (Wildman–Crippen LogP) is 3.37. The van der Waals surface area contributed by atoms with E-state index in [0.717, 1.165) is 12.1 Å². The average Bonchev–Trinajstić information content (AvgIpc) is 2.01. The van der Waals surface area contributed by atoms with Crippen LogP contribution < -0.4 is 0 Å². The van der Waals surface area contributed by atoms with Gasteiger partial charge in [-0.1, -0.05) is 12.1 Å². The third-order valence-electron chi connectivity index (χ3n) is 1.89. The average molecular weight is 203 g/mol. The van der Waals surface area contributed by atoms with Gasteiger partial charge in [0.25, 0.3) is 0 Å². The summed E-state index contributed by atoms with van der Waals surface area (Å²) in [4.78, 5) is 0. The van der Waals surface area contributed by atoms with Gasteiger partial charge in [-0.25, -0.2) is 5.11 Å². The molecule has 4 heteroatoms. The molecule has 1 aromatic carbocycles. The van der Waals surface area contributed by atoms with Gasteiger partial charge in [0.15, 0.2) is 0 Å². The van der Waals surface area contributed by atoms with Crippen LogP contribution in [0.4, 0.5) is 13.2 Å². The Balaban J connectivity index is 3.15. The van der Waals surface area contributed by atoms with Crippen molar-refractivity contribution in [2.45, 2.75) is 25.6 Å². The van der Waals surface area contributed by atoms with Gasteiger partial charge in [-0.15, -0.1) is 0 Å². The molecule has 0 unspecified atom stereocenters. The van der Waals surface area contributed by atoms with Crippen molar-refractivity contribution in [1.82, 2.24) is 0 Å². The van der Waals surface area contributed by atoms with E-state index in [1.807, 2.05) is 0 Å². The molecule has 0 heterocycles. The minimum atomic E-state index is -4.39. The van der Waals surface area contributed by atoms with Crippen molar-refractivity contribution in [3.05, 3.63) is 35.4 Å². The fourth-order valence-corrected chi connectivity index (χ4v) is 1.07. The molecule has 77 valence electrons. The Morgan fingerprint density at radius 3 is 2.00 bits per heavy atom. The van der Waals surface area contributed by atoms with E-state index in [9.17, 15) is 18.3 Å². The van der Waals surface area contributed by atoms with E-state index in [1.165, 1.54) is 26.0 Å². The highest BCUT2D eigenvalue weighted by molar-refractivity contribution is 5.28. The van der Waals surface area contributed by atoms with E-state index in [-0.39, 0.29) is 5.56 Å². The van der Waals surface area contributed by atoms with Gasteiger partial charge in [0.1, 0.15) is 5.60 Å². The first-order chi connectivity index (χ1) is 6.21. The van der Waals surface area contributed by atoms with Crippen LogP contribution in [-0.2, 0) is 16.9 Å². The quantitative estimate of drug-likeness (QED) is 0.666. The second kappa shape index (κ2) is 3.28. The maximum atomic E-state index is 12.3. The van der Waals surface area contributed by atoms with Crippen LogP contribution in [0.1, 0.15) is 25.0 Å². The molecular weight excluding hydrogens is 193 g/mol. The number of alkyl halides is 3. The van der Waals surface area contributed by atoms with E-state index in [4.69, 9.17) is 0 Å². The van der Waals surface area contributed by atoms with Crippen LogP contribution in [0.5, 0.6) is 0 Å². The monoisotopic (exact) mass is 203 g/mol. The normalized spacial score (nSPS) is 13.0. The Morgan fingerprint density at radius 1 is 1.07 bits per heavy atom. The third kappa shape index (κ3) is 2.48. The molecule has 0 saturated heterocycles. The molecule has 0 spiro atoms. The zero-order valence-corrected chi connectivity index (χ0v) is 7.85. The Kier molecular flexibility index (Phi) is 2.58. The smallest absolute Gasteiger partial charge is 0.225 e. The van der Waals surface area contributed by atoms with Crippen molar-refractivity contribution in [3.63, 3.8) is 0 Å². The van der Waals surface area contributed by atoms with Gasteiger partial charge in [0.2, 0.25) is 0 Å². The third-order valence-corrected chi connectivity index (χ3v) is 1.89. The fourth-order valence-electron chi connectivity index (χ4n) is 1.07. The summed E-state index contributed by atoms with van der Waals surface area (Å²) < 4.78 is 36.8. The fraction of sp³-hybridized carbons (Fsp3) is 0.400. The SMILES string of the molecule is CC(C)([O])c1cccc(C(F)(F)F)c1. The molecule has 0 aliphatic rings. The Morgan fingerprint density at radius 2 is 1.57 bits per heavy atom. The molecule has 0 fully saturated rings. The van der Waals surface area contributed by atoms with Crippen LogP contribution >= 0.6 is 0 Å². The lowest BCUT2D eigenvalue weighted by Crippen LogP contribution is -2.15. The summed E-state index contributed by atoms with van der Waals surface area (Å²) in [5.41, 5.74) is -2.13. The van der Waals surface area contributed by atoms with Gasteiger partial charge in [-0.2, -0.15) is 13.2 Å². The van der Waals surface area contributed by atoms with Crippen molar-refractivity contribution < 1.29 is 18.3 Å². The summed E-state index contributed by atoms with van der Waals surface area (Å²) in [5, 5.41) is 11.4. The summed E-state index contributed by atoms with van der Waals surface area (Å²) in [6.45, 7) is 2.67. The van der Waals surface area contributed by atoms with E-state index in [1.54, 1.807) is 0 Å². The first-order valence-electron chi connectivity index (χ1n) is 4.09. The molecule has 1 rings (SSSR count). The predicted molar refractivity (Wildman–Crippen MR) is 45.2 cm³/mol. The molecule has 14 heavy (non-hydrogen) atoms. The highest BCUT2D eigenvalue weighted by Crippen LogP contribution is 2.31. The standard InChI is InChI=1S/C10H10F3O/c1-9(2,14)7-4-3-5-8(6-7)10(11,12)13/h3-6H,1-2H3. The topological polar surface area (TPSA) is 19.9 Å². The summed E-state index contributed by atoms with van der Waals surface area (Å²) in [6.07, 6.45) is -4.39. The van der Waals surface area contributed by atoms with Crippen molar-refractivity contribution in [2.75, 3.05) is 0 Å². The second-order valence-corrected chi connectivity index (χ2v) is 3.59. The summed E-state index contributed by atoms with van der Waals surface area (Å²) in [5.74, 6) is 0. The number of benzene rings is 1. The minimum Gasteiger partial charge on any atom is -0.225 e. The van der Waals surface area contributed by atoms with Crippen LogP contribution in [0.2, 0.25) is 0 Å². The molecule has 0 aliphatic heterocycles. The Hall–Kier alpha value is -1.03. The number of hydrogen-bond donors (Lipinski definition) is 0. The maximum absolute atomic E-state index is 12.3. The molecule has 0 aromatic heterocycles. The lowest BCUT2D eigenvalue weighted by molar-refractivity contribution is -0.137. The highest BCUT2D eigenvalue weighted by Gasteiger charge is 2.31. The van der Waals surface area contributed by atoms with Gasteiger partial charge in [0.05, 0.1) is 5.56 Å². The molecule has 1 aromatic rings. The first kappa shape index (κ1) is 11.0. The van der Waals surface area contributed by atoms with Crippen molar-refractivity contribution in [2.24, 2.45) is 0 Å². The van der Waals surface area contributed by atoms with E-state index >= 15 is 0 Å². The number of halogens is 3. The highest BCUT2D eigenvalue weighted by atomic mass is 19.4. The molecule has 0 aliphatic carbocycles. The van der Waals surface area contributed by atoms with Crippen molar-refractivity contribution in [1.29, 1.82) is 0 Å². The van der Waals surface area contributed by atoms with Crippen LogP contribution in [0.15, 0.2) is 24.3 Å². The molecule has 1 nitrogen and oxygen atoms in total. The van der Waals surface area contributed by atoms with Crippen LogP contribution in [0.3, 0.4) is 0 Å². The van der Waals surface area contributed by atoms with Crippen LogP contribution in [0.25, 0.3) is 0 Å². The summed E-state index contributed by atoms with van der Waals surface area (Å²) in [7, 11) is 0. The zero-order chi connectivity index (χ0) is 11.0. The van der Waals surface area contributed by atoms with Gasteiger partial charge >= 0.3 is 6.18 Å². The largest absolute Gasteiger partial charge is 0.416 e. The lowest BCUT2D eigenvalue weighted by atomic mass is 9.96. The van der Waals surface area contributed by atoms with Crippen molar-refractivity contribution >= 4 is 0 Å². The van der Waals surface area contributed by atoms with Crippen LogP contribution in [-0.4, -0.2) is 0 Å². The minimum absolute atomic E-state index is 0.146.